The molecule has 1 aromatic rings. The average Bonchev–Trinajstić information content (AvgIpc) is 2.26. The molecule has 0 unspecified atom stereocenters. The Bertz CT molecular complexity index is 399. The first-order chi connectivity index (χ1) is 8.68. The van der Waals surface area contributed by atoms with Gasteiger partial charge in [-0.05, 0) is 34.9 Å². The number of rotatable bonds is 4. The van der Waals surface area contributed by atoms with Gasteiger partial charge in [-0.15, -0.1) is 0 Å². The second kappa shape index (κ2) is 6.27. The normalized spacial score (nSPS) is 12.9. The van der Waals surface area contributed by atoms with Crippen LogP contribution in [0.25, 0.3) is 0 Å². The van der Waals surface area contributed by atoms with Crippen LogP contribution in [0.2, 0.25) is 0 Å². The minimum absolute atomic E-state index is 0.200. The van der Waals surface area contributed by atoms with Crippen molar-refractivity contribution in [2.24, 2.45) is 5.41 Å². The molecule has 106 valence electrons. The molecule has 0 aromatic heterocycles. The van der Waals surface area contributed by atoms with E-state index in [0.29, 0.717) is 12.0 Å². The van der Waals surface area contributed by atoms with E-state index in [0.717, 1.165) is 12.2 Å². The molecule has 0 aliphatic rings. The first-order valence-electron chi connectivity index (χ1n) is 7.07. The van der Waals surface area contributed by atoms with Crippen molar-refractivity contribution >= 4 is 0 Å². The van der Waals surface area contributed by atoms with Gasteiger partial charge in [0.1, 0.15) is 12.4 Å². The Hall–Kier alpha value is -1.24. The van der Waals surface area contributed by atoms with Crippen molar-refractivity contribution in [3.8, 4) is 5.75 Å². The van der Waals surface area contributed by atoms with E-state index in [4.69, 9.17) is 4.74 Å². The molecule has 0 fully saturated rings. The maximum Gasteiger partial charge on any atom is 0.119 e. The average molecular weight is 260 g/mol. The lowest BCUT2D eigenvalue weighted by atomic mass is 9.87. The quantitative estimate of drug-likeness (QED) is 0.663. The summed E-state index contributed by atoms with van der Waals surface area (Å²) in [7, 11) is 0. The molecule has 0 N–H and O–H groups in total. The third kappa shape index (κ3) is 6.47. The zero-order chi connectivity index (χ0) is 14.5. The second-order valence-electron chi connectivity index (χ2n) is 7.32. The van der Waals surface area contributed by atoms with Crippen LogP contribution in [0.5, 0.6) is 5.75 Å². The smallest absolute Gasteiger partial charge is 0.119 e. The van der Waals surface area contributed by atoms with Gasteiger partial charge in [-0.3, -0.25) is 0 Å². The summed E-state index contributed by atoms with van der Waals surface area (Å²) in [4.78, 5) is 0. The van der Waals surface area contributed by atoms with Crippen molar-refractivity contribution in [1.29, 1.82) is 0 Å². The van der Waals surface area contributed by atoms with Gasteiger partial charge in [0.25, 0.3) is 0 Å². The Morgan fingerprint density at radius 3 is 1.95 bits per heavy atom. The van der Waals surface area contributed by atoms with Crippen LogP contribution < -0.4 is 4.74 Å². The van der Waals surface area contributed by atoms with Crippen LogP contribution in [0, 0.1) is 5.41 Å². The number of benzene rings is 1. The molecular weight excluding hydrogens is 232 g/mol. The van der Waals surface area contributed by atoms with Crippen molar-refractivity contribution in [3.05, 3.63) is 42.0 Å². The Kier molecular flexibility index (Phi) is 5.22. The van der Waals surface area contributed by atoms with E-state index < -0.39 is 0 Å². The first-order valence-corrected chi connectivity index (χ1v) is 7.07. The molecule has 0 atom stereocenters. The highest BCUT2D eigenvalue weighted by Crippen LogP contribution is 2.24. The van der Waals surface area contributed by atoms with Crippen LogP contribution >= 0.6 is 0 Å². The summed E-state index contributed by atoms with van der Waals surface area (Å²) in [5, 5.41) is 0. The third-order valence-corrected chi connectivity index (χ3v) is 2.96. The molecule has 0 radical (unpaired) electrons. The topological polar surface area (TPSA) is 9.23 Å². The molecule has 0 saturated carbocycles. The van der Waals surface area contributed by atoms with Gasteiger partial charge in [-0.2, -0.15) is 0 Å². The van der Waals surface area contributed by atoms with E-state index in [-0.39, 0.29) is 5.41 Å². The predicted octanol–water partition coefficient (Wildman–Crippen LogP) is 5.36. The SMILES string of the molecule is CC(C)(C)C/C=C/COc1ccc(C(C)(C)C)cc1. The van der Waals surface area contributed by atoms with Gasteiger partial charge in [0.15, 0.2) is 0 Å². The maximum absolute atomic E-state index is 5.70. The lowest BCUT2D eigenvalue weighted by molar-refractivity contribution is 0.360. The summed E-state index contributed by atoms with van der Waals surface area (Å²) in [6.07, 6.45) is 5.38. The number of allylic oxidation sites excluding steroid dienone is 1. The molecule has 0 spiro atoms. The maximum atomic E-state index is 5.70. The van der Waals surface area contributed by atoms with Crippen LogP contribution in [-0.2, 0) is 5.41 Å². The lowest BCUT2D eigenvalue weighted by Gasteiger charge is -2.19. The van der Waals surface area contributed by atoms with Gasteiger partial charge in [-0.25, -0.2) is 0 Å². The largest absolute Gasteiger partial charge is 0.490 e. The molecule has 0 aliphatic heterocycles. The van der Waals surface area contributed by atoms with E-state index in [1.165, 1.54) is 5.56 Å². The van der Waals surface area contributed by atoms with Gasteiger partial charge in [-0.1, -0.05) is 65.8 Å². The fourth-order valence-corrected chi connectivity index (χ4v) is 1.70. The molecule has 0 bridgehead atoms. The van der Waals surface area contributed by atoms with Crippen molar-refractivity contribution in [1.82, 2.24) is 0 Å². The third-order valence-electron chi connectivity index (χ3n) is 2.96. The fourth-order valence-electron chi connectivity index (χ4n) is 1.70. The van der Waals surface area contributed by atoms with Crippen molar-refractivity contribution < 1.29 is 4.74 Å². The molecule has 0 aliphatic carbocycles. The standard InChI is InChI=1S/C18H28O/c1-17(2,3)13-7-8-14-19-16-11-9-15(10-12-16)18(4,5)6/h7-12H,13-14H2,1-6H3/b8-7+. The van der Waals surface area contributed by atoms with Gasteiger partial charge in [0.05, 0.1) is 0 Å². The van der Waals surface area contributed by atoms with Gasteiger partial charge >= 0.3 is 0 Å². The molecule has 1 heteroatoms. The molecule has 1 rings (SSSR count). The highest BCUT2D eigenvalue weighted by Gasteiger charge is 2.12. The summed E-state index contributed by atoms with van der Waals surface area (Å²) in [5.41, 5.74) is 1.89. The van der Waals surface area contributed by atoms with E-state index in [9.17, 15) is 0 Å². The molecule has 0 saturated heterocycles. The van der Waals surface area contributed by atoms with Crippen molar-refractivity contribution in [2.75, 3.05) is 6.61 Å². The van der Waals surface area contributed by atoms with Crippen LogP contribution in [0.15, 0.2) is 36.4 Å². The van der Waals surface area contributed by atoms with E-state index in [2.05, 4.69) is 78.0 Å². The first kappa shape index (κ1) is 15.8. The summed E-state index contributed by atoms with van der Waals surface area (Å²) in [6.45, 7) is 14.0. The summed E-state index contributed by atoms with van der Waals surface area (Å²) in [6, 6.07) is 8.40. The minimum atomic E-state index is 0.200. The van der Waals surface area contributed by atoms with E-state index in [1.807, 2.05) is 0 Å². The Balaban J connectivity index is 2.43. The molecular formula is C18H28O. The summed E-state index contributed by atoms with van der Waals surface area (Å²) in [5.74, 6) is 0.938. The molecule has 1 aromatic carbocycles. The number of hydrogen-bond acceptors (Lipinski definition) is 1. The molecule has 0 heterocycles. The Labute approximate surface area is 118 Å². The lowest BCUT2D eigenvalue weighted by Crippen LogP contribution is -2.10. The van der Waals surface area contributed by atoms with Crippen LogP contribution in [0.1, 0.15) is 53.5 Å². The van der Waals surface area contributed by atoms with Gasteiger partial charge in [0.2, 0.25) is 0 Å². The van der Waals surface area contributed by atoms with Crippen LogP contribution in [0.3, 0.4) is 0 Å². The molecule has 1 nitrogen and oxygen atoms in total. The zero-order valence-electron chi connectivity index (χ0n) is 13.3. The molecule has 0 amide bonds. The predicted molar refractivity (Wildman–Crippen MR) is 83.8 cm³/mol. The molecule has 19 heavy (non-hydrogen) atoms. The number of ether oxygens (including phenoxy) is 1. The second-order valence-corrected chi connectivity index (χ2v) is 7.32. The summed E-state index contributed by atoms with van der Waals surface area (Å²) >= 11 is 0. The summed E-state index contributed by atoms with van der Waals surface area (Å²) < 4.78 is 5.70. The fraction of sp³-hybridized carbons (Fsp3) is 0.556. The monoisotopic (exact) mass is 260 g/mol. The van der Waals surface area contributed by atoms with Crippen LogP contribution in [-0.4, -0.2) is 6.61 Å². The Morgan fingerprint density at radius 2 is 1.47 bits per heavy atom. The highest BCUT2D eigenvalue weighted by molar-refractivity contribution is 5.31. The van der Waals surface area contributed by atoms with Crippen molar-refractivity contribution in [2.45, 2.75) is 53.4 Å². The van der Waals surface area contributed by atoms with Crippen LogP contribution in [0.4, 0.5) is 0 Å². The van der Waals surface area contributed by atoms with E-state index in [1.54, 1.807) is 0 Å². The van der Waals surface area contributed by atoms with Gasteiger partial charge < -0.3 is 4.74 Å². The number of hydrogen-bond donors (Lipinski definition) is 0. The minimum Gasteiger partial charge on any atom is -0.490 e. The Morgan fingerprint density at radius 1 is 0.895 bits per heavy atom. The highest BCUT2D eigenvalue weighted by atomic mass is 16.5. The zero-order valence-corrected chi connectivity index (χ0v) is 13.3. The van der Waals surface area contributed by atoms with E-state index >= 15 is 0 Å². The van der Waals surface area contributed by atoms with Crippen molar-refractivity contribution in [3.63, 3.8) is 0 Å². The van der Waals surface area contributed by atoms with Gasteiger partial charge in [0, 0.05) is 0 Å².